The van der Waals surface area contributed by atoms with Gasteiger partial charge in [0.15, 0.2) is 5.78 Å². The van der Waals surface area contributed by atoms with E-state index < -0.39 is 6.10 Å². The van der Waals surface area contributed by atoms with Crippen LogP contribution in [-0.4, -0.2) is 70.2 Å². The Hall–Kier alpha value is -3.60. The number of rotatable bonds is 4. The van der Waals surface area contributed by atoms with Gasteiger partial charge in [0.25, 0.3) is 0 Å². The van der Waals surface area contributed by atoms with Gasteiger partial charge in [-0.3, -0.25) is 4.79 Å². The van der Waals surface area contributed by atoms with E-state index in [-0.39, 0.29) is 17.9 Å². The number of fused-ring (bicyclic) bond motifs is 3. The summed E-state index contributed by atoms with van der Waals surface area (Å²) in [4.78, 5) is 30.9. The van der Waals surface area contributed by atoms with Gasteiger partial charge in [-0.1, -0.05) is 24.3 Å². The Morgan fingerprint density at radius 3 is 2.31 bits per heavy atom. The van der Waals surface area contributed by atoms with Gasteiger partial charge in [-0.05, 0) is 48.6 Å². The molecule has 6 rings (SSSR count). The number of hydrogen-bond donors (Lipinski definition) is 4. The lowest BCUT2D eigenvalue weighted by Crippen LogP contribution is -2.53. The lowest BCUT2D eigenvalue weighted by Gasteiger charge is -2.35. The summed E-state index contributed by atoms with van der Waals surface area (Å²) in [5.74, 6) is 1.45. The highest BCUT2D eigenvalue weighted by molar-refractivity contribution is 6.22. The zero-order chi connectivity index (χ0) is 24.8. The van der Waals surface area contributed by atoms with Gasteiger partial charge in [-0.2, -0.15) is 15.0 Å². The van der Waals surface area contributed by atoms with Crippen molar-refractivity contribution >= 4 is 29.3 Å². The lowest BCUT2D eigenvalue weighted by atomic mass is 10.0. The van der Waals surface area contributed by atoms with Crippen LogP contribution in [0.5, 0.6) is 0 Å². The van der Waals surface area contributed by atoms with Crippen LogP contribution >= 0.6 is 0 Å². The molecule has 1 aliphatic carbocycles. The van der Waals surface area contributed by atoms with E-state index in [0.29, 0.717) is 43.0 Å². The summed E-state index contributed by atoms with van der Waals surface area (Å²) in [5.41, 5.74) is 16.5. The fraction of sp³-hybridized carbons (Fsp3) is 0.385. The maximum Gasteiger partial charge on any atom is 0.233 e. The van der Waals surface area contributed by atoms with Crippen molar-refractivity contribution in [2.24, 2.45) is 11.5 Å². The second-order valence-electron chi connectivity index (χ2n) is 9.92. The molecule has 1 aromatic heterocycles. The molecule has 3 aromatic rings. The molecule has 2 aliphatic heterocycles. The Morgan fingerprint density at radius 2 is 1.56 bits per heavy atom. The number of aliphatic hydroxyl groups excluding tert-OH is 1. The number of nitrogens with one attached hydrogen (secondary N) is 1. The van der Waals surface area contributed by atoms with E-state index in [0.717, 1.165) is 48.2 Å². The molecule has 0 radical (unpaired) electrons. The van der Waals surface area contributed by atoms with Crippen molar-refractivity contribution in [1.82, 2.24) is 15.0 Å². The van der Waals surface area contributed by atoms with Gasteiger partial charge in [0.2, 0.25) is 17.8 Å². The second-order valence-corrected chi connectivity index (χ2v) is 9.92. The highest BCUT2D eigenvalue weighted by atomic mass is 16.3. The Bertz CT molecular complexity index is 1300. The van der Waals surface area contributed by atoms with Crippen LogP contribution in [-0.2, 0) is 0 Å². The van der Waals surface area contributed by atoms with Crippen molar-refractivity contribution in [2.45, 2.75) is 37.5 Å². The van der Waals surface area contributed by atoms with Crippen molar-refractivity contribution < 1.29 is 9.90 Å². The number of nitrogens with zero attached hydrogens (tertiary/aromatic N) is 5. The molecule has 0 spiro atoms. The maximum atomic E-state index is 12.8. The van der Waals surface area contributed by atoms with E-state index >= 15 is 0 Å². The fourth-order valence-electron chi connectivity index (χ4n) is 5.40. The Balaban J connectivity index is 1.35. The Kier molecular flexibility index (Phi) is 5.79. The average molecular weight is 487 g/mol. The average Bonchev–Trinajstić information content (AvgIpc) is 3.15. The number of ketones is 1. The van der Waals surface area contributed by atoms with Crippen molar-refractivity contribution in [3.8, 4) is 11.1 Å². The molecular weight excluding hydrogens is 456 g/mol. The van der Waals surface area contributed by atoms with Gasteiger partial charge in [0.05, 0.1) is 6.10 Å². The predicted molar refractivity (Wildman–Crippen MR) is 139 cm³/mol. The zero-order valence-corrected chi connectivity index (χ0v) is 20.0. The summed E-state index contributed by atoms with van der Waals surface area (Å²) in [7, 11) is 0. The number of benzene rings is 2. The number of nitrogens with two attached hydrogens (primary N) is 2. The predicted octanol–water partition coefficient (Wildman–Crippen LogP) is 1.65. The number of hydrogen-bond acceptors (Lipinski definition) is 10. The molecular formula is C26H30N8O2. The molecule has 0 bridgehead atoms. The molecule has 2 aromatic carbocycles. The molecule has 2 saturated heterocycles. The number of piperidine rings is 2. The van der Waals surface area contributed by atoms with Crippen molar-refractivity contribution in [2.75, 3.05) is 41.3 Å². The van der Waals surface area contributed by atoms with Crippen molar-refractivity contribution in [1.29, 1.82) is 0 Å². The van der Waals surface area contributed by atoms with Gasteiger partial charge >= 0.3 is 0 Å². The molecule has 3 atom stereocenters. The van der Waals surface area contributed by atoms with Gasteiger partial charge < -0.3 is 31.7 Å². The summed E-state index contributed by atoms with van der Waals surface area (Å²) >= 11 is 0. The van der Waals surface area contributed by atoms with E-state index in [1.165, 1.54) is 0 Å². The maximum absolute atomic E-state index is 12.8. The van der Waals surface area contributed by atoms with E-state index in [1.54, 1.807) is 0 Å². The summed E-state index contributed by atoms with van der Waals surface area (Å²) in [6.45, 7) is 2.45. The first kappa shape index (κ1) is 22.8. The van der Waals surface area contributed by atoms with E-state index in [2.05, 4.69) is 5.32 Å². The molecule has 0 saturated carbocycles. The van der Waals surface area contributed by atoms with Gasteiger partial charge in [0, 0.05) is 55.1 Å². The first-order valence-electron chi connectivity index (χ1n) is 12.4. The lowest BCUT2D eigenvalue weighted by molar-refractivity contribution is 0.104. The first-order chi connectivity index (χ1) is 17.4. The highest BCUT2D eigenvalue weighted by Gasteiger charge is 2.29. The van der Waals surface area contributed by atoms with Crippen LogP contribution in [0.15, 0.2) is 42.5 Å². The smallest absolute Gasteiger partial charge is 0.233 e. The highest BCUT2D eigenvalue weighted by Crippen LogP contribution is 2.38. The third-order valence-corrected chi connectivity index (χ3v) is 7.07. The molecule has 186 valence electrons. The number of aromatic nitrogens is 3. The van der Waals surface area contributed by atoms with E-state index in [9.17, 15) is 9.90 Å². The standard InChI is InChI=1S/C26H30N8O2/c27-15-10-16(28)13-34(12-15)26-31-24(30-25(32-26)33-9-3-4-18(35)14-33)29-17-7-8-21-22(11-17)19-5-1-2-6-20(19)23(21)36/h1-2,5-8,11,15-16,18,35H,3-4,9-10,12-14,27-28H2,(H,29,30,31,32)/t15-,16+,18-/m1/s1. The molecule has 36 heavy (non-hydrogen) atoms. The van der Waals surface area contributed by atoms with Gasteiger partial charge in [-0.15, -0.1) is 0 Å². The van der Waals surface area contributed by atoms with Crippen LogP contribution in [0.3, 0.4) is 0 Å². The zero-order valence-electron chi connectivity index (χ0n) is 20.0. The number of β-amino-alcohol motifs (C(OH)–C–C–N with tert-alkyl or cyclic N) is 1. The minimum Gasteiger partial charge on any atom is -0.391 e. The molecule has 10 nitrogen and oxygen atoms in total. The molecule has 2 fully saturated rings. The van der Waals surface area contributed by atoms with Crippen LogP contribution in [0.1, 0.15) is 35.2 Å². The molecule has 10 heteroatoms. The van der Waals surface area contributed by atoms with Crippen LogP contribution in [0.25, 0.3) is 11.1 Å². The monoisotopic (exact) mass is 486 g/mol. The number of carbonyl (C=O) groups excluding carboxylic acids is 1. The van der Waals surface area contributed by atoms with Crippen LogP contribution in [0.2, 0.25) is 0 Å². The SMILES string of the molecule is N[C@@H]1C[C@H](N)CN(c2nc(Nc3ccc4c(c3)-c3ccccc3C4=O)nc(N3CCC[C@@H](O)C3)n2)C1. The van der Waals surface area contributed by atoms with E-state index in [4.69, 9.17) is 26.4 Å². The molecule has 0 amide bonds. The van der Waals surface area contributed by atoms with Crippen LogP contribution in [0.4, 0.5) is 23.5 Å². The largest absolute Gasteiger partial charge is 0.391 e. The van der Waals surface area contributed by atoms with Crippen LogP contribution < -0.4 is 26.6 Å². The summed E-state index contributed by atoms with van der Waals surface area (Å²) < 4.78 is 0. The third-order valence-electron chi connectivity index (χ3n) is 7.07. The Morgan fingerprint density at radius 1 is 0.861 bits per heavy atom. The molecule has 6 N–H and O–H groups in total. The number of carbonyl (C=O) groups is 1. The summed E-state index contributed by atoms with van der Waals surface area (Å²) in [6.07, 6.45) is 1.97. The van der Waals surface area contributed by atoms with Crippen LogP contribution in [0, 0.1) is 0 Å². The minimum atomic E-state index is -0.415. The quantitative estimate of drug-likeness (QED) is 0.336. The number of aliphatic hydroxyl groups is 1. The van der Waals surface area contributed by atoms with Gasteiger partial charge in [0.1, 0.15) is 0 Å². The third kappa shape index (κ3) is 4.27. The topological polar surface area (TPSA) is 147 Å². The van der Waals surface area contributed by atoms with Gasteiger partial charge in [-0.25, -0.2) is 0 Å². The molecule has 0 unspecified atom stereocenters. The summed E-state index contributed by atoms with van der Waals surface area (Å²) in [5, 5.41) is 13.5. The second kappa shape index (κ2) is 9.12. The minimum absolute atomic E-state index is 0.0401. The van der Waals surface area contributed by atoms with Crippen molar-refractivity contribution in [3.05, 3.63) is 53.6 Å². The Labute approximate surface area is 209 Å². The normalized spacial score (nSPS) is 23.4. The van der Waals surface area contributed by atoms with Crippen molar-refractivity contribution in [3.63, 3.8) is 0 Å². The summed E-state index contributed by atoms with van der Waals surface area (Å²) in [6, 6.07) is 13.2. The van der Waals surface area contributed by atoms with E-state index in [1.807, 2.05) is 52.3 Å². The fourth-order valence-corrected chi connectivity index (χ4v) is 5.40. The number of anilines is 4. The molecule has 3 aliphatic rings. The first-order valence-corrected chi connectivity index (χ1v) is 12.4. The molecule has 3 heterocycles.